The van der Waals surface area contributed by atoms with E-state index in [2.05, 4.69) is 15.2 Å². The summed E-state index contributed by atoms with van der Waals surface area (Å²) >= 11 is 0.269. The topological polar surface area (TPSA) is 98.9 Å². The Balaban J connectivity index is 1.78. The molecule has 1 unspecified atom stereocenters. The van der Waals surface area contributed by atoms with Gasteiger partial charge in [-0.2, -0.15) is 31.3 Å². The first-order valence-corrected chi connectivity index (χ1v) is 9.39. The zero-order valence-corrected chi connectivity index (χ0v) is 16.3. The molecule has 1 aromatic heterocycles. The number of ether oxygens (including phenoxy) is 1. The lowest BCUT2D eigenvalue weighted by Gasteiger charge is -2.25. The second-order valence-electron chi connectivity index (χ2n) is 6.83. The maximum absolute atomic E-state index is 12.7. The number of hydrogen-bond acceptors (Lipinski definition) is 7. The van der Waals surface area contributed by atoms with Gasteiger partial charge in [0, 0.05) is 7.05 Å². The molecular weight excluding hydrogens is 460 g/mol. The summed E-state index contributed by atoms with van der Waals surface area (Å²) in [5, 5.41) is 0. The van der Waals surface area contributed by atoms with Crippen LogP contribution in [-0.4, -0.2) is 60.3 Å². The molecule has 0 bridgehead atoms. The minimum Gasteiger partial charge on any atom is -0.376 e. The highest BCUT2D eigenvalue weighted by molar-refractivity contribution is 7.16. The van der Waals surface area contributed by atoms with Gasteiger partial charge in [-0.05, 0) is 30.5 Å². The quantitative estimate of drug-likeness (QED) is 0.359. The number of carbonyl (C=O) groups excluding carboxylic acids is 3. The van der Waals surface area contributed by atoms with E-state index in [1.165, 1.54) is 0 Å². The highest BCUT2D eigenvalue weighted by Gasteiger charge is 2.56. The van der Waals surface area contributed by atoms with Crippen molar-refractivity contribution >= 4 is 34.9 Å². The molecule has 1 atom stereocenters. The van der Waals surface area contributed by atoms with E-state index in [0.717, 1.165) is 24.1 Å². The van der Waals surface area contributed by atoms with Crippen molar-refractivity contribution in [2.75, 3.05) is 13.6 Å². The molecule has 1 fully saturated rings. The number of amides is 1. The number of rotatable bonds is 6. The molecule has 1 aliphatic heterocycles. The third-order valence-electron chi connectivity index (χ3n) is 4.20. The second kappa shape index (κ2) is 7.78. The van der Waals surface area contributed by atoms with Gasteiger partial charge in [-0.1, -0.05) is 0 Å². The highest BCUT2D eigenvalue weighted by Crippen LogP contribution is 2.31. The summed E-state index contributed by atoms with van der Waals surface area (Å²) in [7, 11) is 1.12. The van der Waals surface area contributed by atoms with Crippen molar-refractivity contribution in [3.05, 3.63) is 21.9 Å². The Kier molecular flexibility index (Phi) is 5.77. The maximum Gasteiger partial charge on any atom is 0.491 e. The van der Waals surface area contributed by atoms with Gasteiger partial charge in [-0.3, -0.25) is 9.59 Å². The largest absolute Gasteiger partial charge is 0.491 e. The third kappa shape index (κ3) is 5.15. The number of alkyl halides is 6. The molecule has 31 heavy (non-hydrogen) atoms. The van der Waals surface area contributed by atoms with E-state index in [-0.39, 0.29) is 28.0 Å². The van der Waals surface area contributed by atoms with Crippen LogP contribution in [0.25, 0.3) is 0 Å². The number of esters is 1. The van der Waals surface area contributed by atoms with Gasteiger partial charge in [-0.25, -0.2) is 4.79 Å². The molecule has 1 aliphatic carbocycles. The van der Waals surface area contributed by atoms with Crippen molar-refractivity contribution in [2.45, 2.75) is 31.0 Å². The smallest absolute Gasteiger partial charge is 0.376 e. The fraction of sp³-hybridized carbons (Fsp3) is 0.500. The number of hydroxylamine groups is 1. The summed E-state index contributed by atoms with van der Waals surface area (Å²) < 4.78 is 80.2. The number of thiophene rings is 1. The van der Waals surface area contributed by atoms with Crippen molar-refractivity contribution in [2.24, 2.45) is 5.92 Å². The lowest BCUT2D eigenvalue weighted by Crippen LogP contribution is -2.91. The highest BCUT2D eigenvalue weighted by atomic mass is 32.1. The zero-order valence-electron chi connectivity index (χ0n) is 15.5. The first-order chi connectivity index (χ1) is 14.2. The second-order valence-corrected chi connectivity index (χ2v) is 7.92. The van der Waals surface area contributed by atoms with E-state index >= 15 is 0 Å². The molecule has 0 radical (unpaired) electrons. The molecular formula is C16H14F6N3O5S+. The summed E-state index contributed by atoms with van der Waals surface area (Å²) in [5.41, 5.74) is 2.14. The summed E-state index contributed by atoms with van der Waals surface area (Å²) in [6.07, 6.45) is -9.08. The number of Topliss-reactive ketones (excluding diaryl/α,β-unsaturated/α-hetero) is 1. The standard InChI is InChI=1S/C16H13F6N3O5S/c1-25(12(27)9-5-4-8(31-9)10(26)15(17,18)19)6-14(29-13(28)16(20,21)22)23-11(30-24-14)7-2-3-7/h4-5,7,24H,2-3,6H2,1H3/p+1. The summed E-state index contributed by atoms with van der Waals surface area (Å²) in [6.45, 7) is -0.704. The van der Waals surface area contributed by atoms with Crippen molar-refractivity contribution in [1.82, 2.24) is 10.4 Å². The summed E-state index contributed by atoms with van der Waals surface area (Å²) in [4.78, 5) is 42.6. The average Bonchev–Trinajstić information content (AvgIpc) is 3.24. The van der Waals surface area contributed by atoms with Gasteiger partial charge in [0.1, 0.15) is 6.54 Å². The number of nitrogens with zero attached hydrogens (tertiary/aromatic N) is 1. The van der Waals surface area contributed by atoms with Crippen molar-refractivity contribution in [3.63, 3.8) is 0 Å². The van der Waals surface area contributed by atoms with Gasteiger partial charge >= 0.3 is 30.1 Å². The predicted octanol–water partition coefficient (Wildman–Crippen LogP) is 0.748. The molecule has 8 nitrogen and oxygen atoms in total. The Bertz CT molecular complexity index is 939. The van der Waals surface area contributed by atoms with Crippen LogP contribution in [0.15, 0.2) is 12.1 Å². The number of carbonyl (C=O) groups is 3. The van der Waals surface area contributed by atoms with Gasteiger partial charge in [-0.15, -0.1) is 11.3 Å². The van der Waals surface area contributed by atoms with Crippen molar-refractivity contribution in [3.8, 4) is 0 Å². The molecule has 3 rings (SSSR count). The Hall–Kier alpha value is -2.68. The minimum absolute atomic E-state index is 0.117. The van der Waals surface area contributed by atoms with Crippen LogP contribution in [0.1, 0.15) is 32.2 Å². The minimum atomic E-state index is -5.33. The Morgan fingerprint density at radius 3 is 2.35 bits per heavy atom. The normalized spacial score (nSPS) is 21.3. The van der Waals surface area contributed by atoms with Crippen molar-refractivity contribution in [1.29, 1.82) is 0 Å². The molecule has 1 aromatic rings. The van der Waals surface area contributed by atoms with E-state index in [4.69, 9.17) is 4.84 Å². The predicted molar refractivity (Wildman–Crippen MR) is 89.5 cm³/mol. The van der Waals surface area contributed by atoms with E-state index in [1.807, 2.05) is 0 Å². The van der Waals surface area contributed by atoms with Gasteiger partial charge in [0.05, 0.1) is 15.7 Å². The van der Waals surface area contributed by atoms with E-state index in [9.17, 15) is 40.7 Å². The summed E-state index contributed by atoms with van der Waals surface area (Å²) in [6, 6.07) is 1.79. The molecule has 0 spiro atoms. The molecule has 0 saturated heterocycles. The van der Waals surface area contributed by atoms with E-state index in [1.54, 1.807) is 0 Å². The Morgan fingerprint density at radius 1 is 1.19 bits per heavy atom. The van der Waals surface area contributed by atoms with Crippen LogP contribution in [0, 0.1) is 5.92 Å². The number of nitrogens with one attached hydrogen (secondary N) is 2. The fourth-order valence-electron chi connectivity index (χ4n) is 2.59. The monoisotopic (exact) mass is 474 g/mol. The van der Waals surface area contributed by atoms with Crippen LogP contribution in [0.2, 0.25) is 0 Å². The first kappa shape index (κ1) is 23.0. The van der Waals surface area contributed by atoms with Crippen LogP contribution < -0.4 is 10.5 Å². The molecule has 2 aliphatic rings. The lowest BCUT2D eigenvalue weighted by molar-refractivity contribution is -0.611. The molecule has 15 heteroatoms. The van der Waals surface area contributed by atoms with Crippen LogP contribution in [0.5, 0.6) is 0 Å². The van der Waals surface area contributed by atoms with Gasteiger partial charge < -0.3 is 14.5 Å². The number of hydrogen-bond donors (Lipinski definition) is 2. The Labute approximate surface area is 173 Å². The third-order valence-corrected chi connectivity index (χ3v) is 5.27. The molecule has 2 N–H and O–H groups in total. The van der Waals surface area contributed by atoms with Gasteiger partial charge in [0.15, 0.2) is 0 Å². The number of ketones is 1. The summed E-state index contributed by atoms with van der Waals surface area (Å²) in [5.74, 6) is -7.87. The molecule has 1 saturated carbocycles. The molecule has 0 aromatic carbocycles. The maximum atomic E-state index is 12.7. The molecule has 1 amide bonds. The van der Waals surface area contributed by atoms with Crippen LogP contribution in [0.3, 0.4) is 0 Å². The number of halogens is 6. The first-order valence-electron chi connectivity index (χ1n) is 8.58. The number of likely N-dealkylation sites (N-methyl/N-ethyl adjacent to an activating group) is 1. The van der Waals surface area contributed by atoms with Crippen LogP contribution in [-0.2, 0) is 14.4 Å². The SMILES string of the molecule is CN(CC1(OC(=O)C(F)(F)F)NOC(C2CC2)=[NH+]1)C(=O)c1ccc(C(=O)C(F)(F)F)s1. The van der Waals surface area contributed by atoms with E-state index < -0.39 is 47.3 Å². The fourth-order valence-corrected chi connectivity index (χ4v) is 3.55. The van der Waals surface area contributed by atoms with Gasteiger partial charge in [0.2, 0.25) is 0 Å². The van der Waals surface area contributed by atoms with Gasteiger partial charge in [0.25, 0.3) is 11.7 Å². The zero-order chi connectivity index (χ0) is 23.2. The molecule has 2 heterocycles. The molecule has 170 valence electrons. The van der Waals surface area contributed by atoms with Crippen LogP contribution >= 0.6 is 11.3 Å². The van der Waals surface area contributed by atoms with Crippen molar-refractivity contribution < 1.29 is 55.3 Å². The van der Waals surface area contributed by atoms with E-state index in [0.29, 0.717) is 12.8 Å². The lowest BCUT2D eigenvalue weighted by atomic mass is 10.3. The Morgan fingerprint density at radius 2 is 1.81 bits per heavy atom. The average molecular weight is 474 g/mol. The van der Waals surface area contributed by atoms with Crippen LogP contribution in [0.4, 0.5) is 26.3 Å².